The van der Waals surface area contributed by atoms with E-state index in [1.807, 2.05) is 24.3 Å². The summed E-state index contributed by atoms with van der Waals surface area (Å²) in [5.74, 6) is 0.498. The number of halogens is 1. The van der Waals surface area contributed by atoms with E-state index < -0.39 is 0 Å². The molecule has 1 aliphatic rings. The van der Waals surface area contributed by atoms with Crippen LogP contribution in [0.1, 0.15) is 18.9 Å². The van der Waals surface area contributed by atoms with Crippen LogP contribution in [0.15, 0.2) is 36.0 Å². The summed E-state index contributed by atoms with van der Waals surface area (Å²) in [4.78, 5) is 10.7. The van der Waals surface area contributed by atoms with Crippen LogP contribution < -0.4 is 14.4 Å². The highest BCUT2D eigenvalue weighted by atomic mass is 35.5. The summed E-state index contributed by atoms with van der Waals surface area (Å²) in [6, 6.07) is 8.14. The largest absolute Gasteiger partial charge is 0.479 e. The van der Waals surface area contributed by atoms with E-state index in [2.05, 4.69) is 21.8 Å². The molecule has 0 aliphatic carbocycles. The van der Waals surface area contributed by atoms with Crippen LogP contribution in [0.5, 0.6) is 11.9 Å². The Kier molecular flexibility index (Phi) is 4.39. The maximum atomic E-state index is 6.01. The van der Waals surface area contributed by atoms with Crippen molar-refractivity contribution in [2.24, 2.45) is 0 Å². The first kappa shape index (κ1) is 15.6. The van der Waals surface area contributed by atoms with Crippen molar-refractivity contribution in [2.75, 3.05) is 25.7 Å². The van der Waals surface area contributed by atoms with Gasteiger partial charge >= 0.3 is 6.01 Å². The van der Waals surface area contributed by atoms with E-state index in [0.29, 0.717) is 11.9 Å². The summed E-state index contributed by atoms with van der Waals surface area (Å²) >= 11 is 6.01. The second-order valence-corrected chi connectivity index (χ2v) is 5.73. The number of hydrogen-bond donors (Lipinski definition) is 0. The van der Waals surface area contributed by atoms with Crippen LogP contribution in [0.4, 0.5) is 5.69 Å². The molecule has 0 saturated heterocycles. The van der Waals surface area contributed by atoms with Crippen LogP contribution in [0.3, 0.4) is 0 Å². The van der Waals surface area contributed by atoms with Crippen molar-refractivity contribution in [3.05, 3.63) is 46.6 Å². The van der Waals surface area contributed by atoms with E-state index in [9.17, 15) is 0 Å². The molecule has 3 rings (SSSR count). The van der Waals surface area contributed by atoms with Crippen LogP contribution >= 0.6 is 11.6 Å². The van der Waals surface area contributed by atoms with Gasteiger partial charge in [0.05, 0.1) is 20.4 Å². The molecule has 0 N–H and O–H groups in total. The lowest BCUT2D eigenvalue weighted by molar-refractivity contribution is 0.352. The first-order valence-electron chi connectivity index (χ1n) is 7.32. The molecule has 5 nitrogen and oxygen atoms in total. The molecule has 1 aromatic heterocycles. The minimum absolute atomic E-state index is 0.290. The fourth-order valence-corrected chi connectivity index (χ4v) is 2.90. The Morgan fingerprint density at radius 2 is 1.87 bits per heavy atom. The number of methoxy groups -OCH3 is 2. The topological polar surface area (TPSA) is 47.5 Å². The Bertz CT molecular complexity index is 744. The lowest BCUT2D eigenvalue weighted by atomic mass is 10.1. The fourth-order valence-electron chi connectivity index (χ4n) is 2.77. The minimum Gasteiger partial charge on any atom is -0.479 e. The zero-order valence-corrected chi connectivity index (χ0v) is 14.1. The number of anilines is 1. The second kappa shape index (κ2) is 6.46. The van der Waals surface area contributed by atoms with Crippen molar-refractivity contribution in [3.8, 4) is 11.9 Å². The first-order valence-corrected chi connectivity index (χ1v) is 7.70. The van der Waals surface area contributed by atoms with Crippen LogP contribution in [0, 0.1) is 0 Å². The lowest BCUT2D eigenvalue weighted by Gasteiger charge is -2.24. The fraction of sp³-hybridized carbons (Fsp3) is 0.294. The third kappa shape index (κ3) is 2.97. The molecule has 2 heterocycles. The molecule has 1 aromatic carbocycles. The third-order valence-electron chi connectivity index (χ3n) is 3.88. The Balaban J connectivity index is 2.04. The maximum Gasteiger partial charge on any atom is 0.319 e. The van der Waals surface area contributed by atoms with Gasteiger partial charge in [-0.1, -0.05) is 23.7 Å². The number of aromatic nitrogens is 2. The summed E-state index contributed by atoms with van der Waals surface area (Å²) in [5, 5.41) is 0.724. The van der Waals surface area contributed by atoms with Gasteiger partial charge in [-0.05, 0) is 36.6 Å². The first-order chi connectivity index (χ1) is 11.1. The number of hydrogen-bond acceptors (Lipinski definition) is 5. The standard InChI is InChI=1S/C17H18ClN3O2/c1-11-8-9-21(15(11)12-4-6-13(18)7-5-12)14-10-19-17(23-3)20-16(14)22-2/h4-7,10H,8-9H2,1-3H3. The van der Waals surface area contributed by atoms with E-state index >= 15 is 0 Å². The molecule has 23 heavy (non-hydrogen) atoms. The van der Waals surface area contributed by atoms with E-state index in [1.165, 1.54) is 12.7 Å². The molecule has 120 valence electrons. The molecule has 0 radical (unpaired) electrons. The van der Waals surface area contributed by atoms with Gasteiger partial charge in [-0.3, -0.25) is 0 Å². The number of benzene rings is 1. The van der Waals surface area contributed by atoms with E-state index in [-0.39, 0.29) is 0 Å². The van der Waals surface area contributed by atoms with Crippen molar-refractivity contribution in [2.45, 2.75) is 13.3 Å². The quantitative estimate of drug-likeness (QED) is 0.853. The molecule has 2 aromatic rings. The summed E-state index contributed by atoms with van der Waals surface area (Å²) in [7, 11) is 3.13. The lowest BCUT2D eigenvalue weighted by Crippen LogP contribution is -2.19. The van der Waals surface area contributed by atoms with Crippen LogP contribution in [-0.2, 0) is 0 Å². The second-order valence-electron chi connectivity index (χ2n) is 5.29. The van der Waals surface area contributed by atoms with E-state index in [1.54, 1.807) is 13.3 Å². The smallest absolute Gasteiger partial charge is 0.319 e. The van der Waals surface area contributed by atoms with Gasteiger partial charge < -0.3 is 14.4 Å². The Hall–Kier alpha value is -2.27. The van der Waals surface area contributed by atoms with Gasteiger partial charge in [-0.25, -0.2) is 4.98 Å². The number of rotatable bonds is 4. The molecule has 6 heteroatoms. The highest BCUT2D eigenvalue weighted by Crippen LogP contribution is 2.39. The van der Waals surface area contributed by atoms with Gasteiger partial charge in [-0.2, -0.15) is 4.98 Å². The van der Waals surface area contributed by atoms with Gasteiger partial charge in [0.25, 0.3) is 0 Å². The maximum absolute atomic E-state index is 6.01. The minimum atomic E-state index is 0.290. The zero-order chi connectivity index (χ0) is 16.4. The van der Waals surface area contributed by atoms with Crippen LogP contribution in [-0.4, -0.2) is 30.7 Å². The summed E-state index contributed by atoms with van der Waals surface area (Å²) in [6.07, 6.45) is 2.71. The van der Waals surface area contributed by atoms with Gasteiger partial charge in [-0.15, -0.1) is 0 Å². The highest BCUT2D eigenvalue weighted by molar-refractivity contribution is 6.30. The van der Waals surface area contributed by atoms with Gasteiger partial charge in [0.1, 0.15) is 5.69 Å². The molecule has 0 bridgehead atoms. The van der Waals surface area contributed by atoms with Gasteiger partial charge in [0.2, 0.25) is 5.88 Å². The van der Waals surface area contributed by atoms with E-state index in [0.717, 1.165) is 34.9 Å². The predicted molar refractivity (Wildman–Crippen MR) is 91.1 cm³/mol. The van der Waals surface area contributed by atoms with Crippen LogP contribution in [0.25, 0.3) is 5.70 Å². The molecule has 0 fully saturated rings. The van der Waals surface area contributed by atoms with Crippen molar-refractivity contribution in [1.82, 2.24) is 9.97 Å². The molecule has 0 unspecified atom stereocenters. The average Bonchev–Trinajstić information content (AvgIpc) is 2.96. The average molecular weight is 332 g/mol. The monoisotopic (exact) mass is 331 g/mol. The van der Waals surface area contributed by atoms with E-state index in [4.69, 9.17) is 21.1 Å². The van der Waals surface area contributed by atoms with Crippen molar-refractivity contribution >= 4 is 23.0 Å². The number of ether oxygens (including phenoxy) is 2. The van der Waals surface area contributed by atoms with Gasteiger partial charge in [0, 0.05) is 17.3 Å². The molecule has 0 saturated carbocycles. The molecule has 0 amide bonds. The molecule has 0 spiro atoms. The number of nitrogens with zero attached hydrogens (tertiary/aromatic N) is 3. The molecule has 1 aliphatic heterocycles. The molecule has 0 atom stereocenters. The third-order valence-corrected chi connectivity index (χ3v) is 4.13. The summed E-state index contributed by atoms with van der Waals surface area (Å²) in [6.45, 7) is 3.00. The molecular weight excluding hydrogens is 314 g/mol. The Morgan fingerprint density at radius 3 is 2.52 bits per heavy atom. The SMILES string of the molecule is COc1ncc(N2CCC(C)=C2c2ccc(Cl)cc2)c(OC)n1. The Labute approximate surface area is 140 Å². The Morgan fingerprint density at radius 1 is 1.13 bits per heavy atom. The van der Waals surface area contributed by atoms with Crippen molar-refractivity contribution < 1.29 is 9.47 Å². The summed E-state index contributed by atoms with van der Waals surface area (Å²) in [5.41, 5.74) is 4.40. The van der Waals surface area contributed by atoms with Crippen molar-refractivity contribution in [3.63, 3.8) is 0 Å². The van der Waals surface area contributed by atoms with Gasteiger partial charge in [0.15, 0.2) is 0 Å². The normalized spacial score (nSPS) is 14.3. The summed E-state index contributed by atoms with van der Waals surface area (Å²) < 4.78 is 10.5. The van der Waals surface area contributed by atoms with Crippen LogP contribution in [0.2, 0.25) is 5.02 Å². The highest BCUT2D eigenvalue weighted by Gasteiger charge is 2.26. The van der Waals surface area contributed by atoms with Crippen molar-refractivity contribution in [1.29, 1.82) is 0 Å². The zero-order valence-electron chi connectivity index (χ0n) is 13.3. The predicted octanol–water partition coefficient (Wildman–Crippen LogP) is 3.79. The molecular formula is C17H18ClN3O2.